The number of nitrogens with zero attached hydrogens (tertiary/aromatic N) is 4. The van der Waals surface area contributed by atoms with E-state index in [1.165, 1.54) is 8.99 Å². The molecule has 1 aliphatic rings. The van der Waals surface area contributed by atoms with Crippen LogP contribution in [0.1, 0.15) is 26.2 Å². The minimum atomic E-state index is -3.65. The Morgan fingerprint density at radius 1 is 1.47 bits per heavy atom. The first-order valence-electron chi connectivity index (χ1n) is 6.18. The van der Waals surface area contributed by atoms with Crippen LogP contribution in [0.2, 0.25) is 0 Å². The third-order valence-electron chi connectivity index (χ3n) is 3.48. The molecule has 1 saturated heterocycles. The van der Waals surface area contributed by atoms with Gasteiger partial charge in [-0.25, -0.2) is 13.1 Å². The van der Waals surface area contributed by atoms with Crippen molar-refractivity contribution < 1.29 is 8.42 Å². The Bertz CT molecular complexity index is 539. The van der Waals surface area contributed by atoms with Gasteiger partial charge in [-0.2, -0.15) is 4.31 Å². The standard InChI is InChI=1S/C10H18BrN5O2S/c1-7-4-3-5-8(6-12)16(7)19(17,18)10-9(11)13-14-15(10)2/h7-8H,3-6,12H2,1-2H3. The zero-order valence-corrected chi connectivity index (χ0v) is 13.4. The molecule has 2 heterocycles. The van der Waals surface area contributed by atoms with Crippen LogP contribution >= 0.6 is 15.9 Å². The van der Waals surface area contributed by atoms with Crippen LogP contribution in [0.5, 0.6) is 0 Å². The number of hydrogen-bond acceptors (Lipinski definition) is 5. The Hall–Kier alpha value is -0.510. The molecule has 1 fully saturated rings. The van der Waals surface area contributed by atoms with Crippen LogP contribution in [0.4, 0.5) is 0 Å². The summed E-state index contributed by atoms with van der Waals surface area (Å²) in [6, 6.07) is -0.218. The lowest BCUT2D eigenvalue weighted by molar-refractivity contribution is 0.194. The molecule has 2 unspecified atom stereocenters. The first-order valence-corrected chi connectivity index (χ1v) is 8.41. The van der Waals surface area contributed by atoms with Gasteiger partial charge in [0.2, 0.25) is 5.03 Å². The van der Waals surface area contributed by atoms with Crippen molar-refractivity contribution in [1.29, 1.82) is 0 Å². The highest BCUT2D eigenvalue weighted by Crippen LogP contribution is 2.31. The number of nitrogens with two attached hydrogens (primary N) is 1. The molecule has 2 rings (SSSR count). The van der Waals surface area contributed by atoms with Crippen molar-refractivity contribution >= 4 is 26.0 Å². The van der Waals surface area contributed by atoms with Gasteiger partial charge in [-0.05, 0) is 35.7 Å². The van der Waals surface area contributed by atoms with E-state index in [0.29, 0.717) is 6.54 Å². The van der Waals surface area contributed by atoms with Gasteiger partial charge in [-0.15, -0.1) is 5.10 Å². The summed E-state index contributed by atoms with van der Waals surface area (Å²) in [6.45, 7) is 2.24. The Labute approximate surface area is 121 Å². The van der Waals surface area contributed by atoms with Crippen LogP contribution in [0.3, 0.4) is 0 Å². The van der Waals surface area contributed by atoms with E-state index in [-0.39, 0.29) is 21.7 Å². The van der Waals surface area contributed by atoms with Crippen molar-refractivity contribution in [2.75, 3.05) is 6.54 Å². The fraction of sp³-hybridized carbons (Fsp3) is 0.800. The molecule has 0 spiro atoms. The molecule has 9 heteroatoms. The molecule has 108 valence electrons. The Kier molecular flexibility index (Phi) is 4.29. The highest BCUT2D eigenvalue weighted by Gasteiger charge is 2.40. The summed E-state index contributed by atoms with van der Waals surface area (Å²) in [5, 5.41) is 7.56. The second kappa shape index (κ2) is 5.47. The smallest absolute Gasteiger partial charge is 0.263 e. The topological polar surface area (TPSA) is 94.1 Å². The van der Waals surface area contributed by atoms with E-state index in [1.54, 1.807) is 7.05 Å². The second-order valence-corrected chi connectivity index (χ2v) is 7.32. The van der Waals surface area contributed by atoms with Crippen molar-refractivity contribution in [3.05, 3.63) is 4.60 Å². The summed E-state index contributed by atoms with van der Waals surface area (Å²) in [5.74, 6) is 0. The molecule has 1 aliphatic heterocycles. The van der Waals surface area contributed by atoms with E-state index in [4.69, 9.17) is 5.73 Å². The first kappa shape index (κ1) is 14.9. The van der Waals surface area contributed by atoms with Crippen LogP contribution in [0.15, 0.2) is 9.63 Å². The average molecular weight is 352 g/mol. The normalized spacial score (nSPS) is 25.7. The fourth-order valence-electron chi connectivity index (χ4n) is 2.61. The molecule has 1 aromatic heterocycles. The van der Waals surface area contributed by atoms with Gasteiger partial charge in [0.25, 0.3) is 10.0 Å². The molecule has 0 radical (unpaired) electrons. The van der Waals surface area contributed by atoms with E-state index in [1.807, 2.05) is 6.92 Å². The maximum absolute atomic E-state index is 12.8. The third-order valence-corrected chi connectivity index (χ3v) is 6.44. The minimum absolute atomic E-state index is 0.0610. The molecule has 1 aromatic rings. The van der Waals surface area contributed by atoms with Crippen LogP contribution in [0, 0.1) is 0 Å². The number of halogens is 1. The van der Waals surface area contributed by atoms with Gasteiger partial charge in [0.1, 0.15) is 0 Å². The fourth-order valence-corrected chi connectivity index (χ4v) is 5.54. The van der Waals surface area contributed by atoms with Crippen molar-refractivity contribution in [3.63, 3.8) is 0 Å². The van der Waals surface area contributed by atoms with Crippen LogP contribution < -0.4 is 5.73 Å². The molecule has 7 nitrogen and oxygen atoms in total. The summed E-state index contributed by atoms with van der Waals surface area (Å²) < 4.78 is 28.6. The van der Waals surface area contributed by atoms with Crippen LogP contribution in [0.25, 0.3) is 0 Å². The highest BCUT2D eigenvalue weighted by molar-refractivity contribution is 9.10. The van der Waals surface area contributed by atoms with E-state index in [2.05, 4.69) is 26.2 Å². The predicted octanol–water partition coefficient (Wildman–Crippen LogP) is 0.468. The number of aryl methyl sites for hydroxylation is 1. The van der Waals surface area contributed by atoms with Gasteiger partial charge in [-0.1, -0.05) is 11.6 Å². The van der Waals surface area contributed by atoms with E-state index >= 15 is 0 Å². The molecule has 0 aromatic carbocycles. The summed E-state index contributed by atoms with van der Waals surface area (Å²) in [7, 11) is -2.08. The lowest BCUT2D eigenvalue weighted by atomic mass is 10.00. The average Bonchev–Trinajstić information content (AvgIpc) is 2.68. The van der Waals surface area contributed by atoms with Gasteiger partial charge < -0.3 is 5.73 Å². The second-order valence-electron chi connectivity index (χ2n) is 4.81. The maximum atomic E-state index is 12.8. The molecule has 0 amide bonds. The van der Waals surface area contributed by atoms with Crippen molar-refractivity contribution in [3.8, 4) is 0 Å². The summed E-state index contributed by atoms with van der Waals surface area (Å²) in [6.07, 6.45) is 2.64. The van der Waals surface area contributed by atoms with E-state index < -0.39 is 10.0 Å². The van der Waals surface area contributed by atoms with Crippen molar-refractivity contribution in [1.82, 2.24) is 19.3 Å². The van der Waals surface area contributed by atoms with Gasteiger partial charge >= 0.3 is 0 Å². The molecule has 0 bridgehead atoms. The number of rotatable bonds is 3. The summed E-state index contributed by atoms with van der Waals surface area (Å²) in [5.41, 5.74) is 5.73. The van der Waals surface area contributed by atoms with Gasteiger partial charge in [0, 0.05) is 25.7 Å². The Morgan fingerprint density at radius 3 is 2.68 bits per heavy atom. The number of hydrogen-bond donors (Lipinski definition) is 1. The Morgan fingerprint density at radius 2 is 2.16 bits per heavy atom. The molecule has 2 atom stereocenters. The maximum Gasteiger partial charge on any atom is 0.263 e. The van der Waals surface area contributed by atoms with Crippen LogP contribution in [-0.4, -0.2) is 46.3 Å². The quantitative estimate of drug-likeness (QED) is 0.853. The van der Waals surface area contributed by atoms with Gasteiger partial charge in [-0.3, -0.25) is 0 Å². The van der Waals surface area contributed by atoms with Crippen molar-refractivity contribution in [2.45, 2.75) is 43.3 Å². The molecule has 0 saturated carbocycles. The predicted molar refractivity (Wildman–Crippen MR) is 73.9 cm³/mol. The molecule has 0 aliphatic carbocycles. The van der Waals surface area contributed by atoms with Gasteiger partial charge in [0.05, 0.1) is 0 Å². The molecular formula is C10H18BrN5O2S. The summed E-state index contributed by atoms with van der Waals surface area (Å²) in [4.78, 5) is 0. The number of sulfonamides is 1. The first-order chi connectivity index (χ1) is 8.89. The minimum Gasteiger partial charge on any atom is -0.329 e. The largest absolute Gasteiger partial charge is 0.329 e. The monoisotopic (exact) mass is 351 g/mol. The zero-order valence-electron chi connectivity index (χ0n) is 11.0. The van der Waals surface area contributed by atoms with Gasteiger partial charge in [0.15, 0.2) is 4.60 Å². The number of piperidine rings is 1. The lowest BCUT2D eigenvalue weighted by Gasteiger charge is -2.38. The SMILES string of the molecule is CC1CCCC(CN)N1S(=O)(=O)c1c(Br)nnn1C. The lowest BCUT2D eigenvalue weighted by Crippen LogP contribution is -2.52. The zero-order chi connectivity index (χ0) is 14.2. The highest BCUT2D eigenvalue weighted by atomic mass is 79.9. The third kappa shape index (κ3) is 2.56. The van der Waals surface area contributed by atoms with E-state index in [9.17, 15) is 8.42 Å². The molecule has 19 heavy (non-hydrogen) atoms. The molecule has 2 N–H and O–H groups in total. The Balaban J connectivity index is 2.48. The van der Waals surface area contributed by atoms with E-state index in [0.717, 1.165) is 19.3 Å². The molecular weight excluding hydrogens is 334 g/mol. The number of aromatic nitrogens is 3. The van der Waals surface area contributed by atoms with Crippen LogP contribution in [-0.2, 0) is 17.1 Å². The summed E-state index contributed by atoms with van der Waals surface area (Å²) >= 11 is 3.15. The van der Waals surface area contributed by atoms with Crippen molar-refractivity contribution in [2.24, 2.45) is 12.8 Å².